The van der Waals surface area contributed by atoms with E-state index >= 15 is 0 Å². The Balaban J connectivity index is 1.43. The van der Waals surface area contributed by atoms with Gasteiger partial charge in [0.1, 0.15) is 23.4 Å². The van der Waals surface area contributed by atoms with Gasteiger partial charge in [-0.25, -0.2) is 14.8 Å². The minimum Gasteiger partial charge on any atom is -0.488 e. The van der Waals surface area contributed by atoms with Crippen LogP contribution in [0.1, 0.15) is 30.1 Å². The number of fused-ring (bicyclic) bond motifs is 2. The molecule has 2 aromatic heterocycles. The maximum absolute atomic E-state index is 13.0. The van der Waals surface area contributed by atoms with Crippen molar-refractivity contribution >= 4 is 45.3 Å². The molecule has 5 rings (SSSR count). The molecule has 4 aromatic rings. The number of para-hydroxylation sites is 1. The first-order valence-corrected chi connectivity index (χ1v) is 11.8. The lowest BCUT2D eigenvalue weighted by atomic mass is 10.1. The number of hydrogen-bond donors (Lipinski definition) is 4. The number of ether oxygens (including phenoxy) is 2. The summed E-state index contributed by atoms with van der Waals surface area (Å²) >= 11 is 0. The second-order valence-electron chi connectivity index (χ2n) is 8.65. The summed E-state index contributed by atoms with van der Waals surface area (Å²) in [5.74, 6) is 0.107. The highest BCUT2D eigenvalue weighted by molar-refractivity contribution is 6.08. The number of methoxy groups -OCH3 is 1. The molecule has 1 atom stereocenters. The van der Waals surface area contributed by atoms with Gasteiger partial charge in [0.2, 0.25) is 5.95 Å². The van der Waals surface area contributed by atoms with E-state index in [1.165, 1.54) is 7.11 Å². The van der Waals surface area contributed by atoms with Crippen molar-refractivity contribution in [1.82, 2.24) is 30.8 Å². The van der Waals surface area contributed by atoms with Gasteiger partial charge < -0.3 is 25.4 Å². The number of aromatic amines is 1. The number of aromatic nitrogens is 4. The number of carbonyl (C=O) groups is 2. The van der Waals surface area contributed by atoms with Crippen molar-refractivity contribution in [3.8, 4) is 5.75 Å². The van der Waals surface area contributed by atoms with Crippen molar-refractivity contribution in [2.24, 2.45) is 0 Å². The Morgan fingerprint density at radius 3 is 2.81 bits per heavy atom. The fourth-order valence-electron chi connectivity index (χ4n) is 4.23. The number of H-pyrrole nitrogens is 1. The monoisotopic (exact) mass is 489 g/mol. The van der Waals surface area contributed by atoms with Crippen LogP contribution < -0.4 is 20.7 Å². The minimum absolute atomic E-state index is 0.138. The van der Waals surface area contributed by atoms with Crippen LogP contribution in [0, 0.1) is 0 Å². The van der Waals surface area contributed by atoms with Crippen molar-refractivity contribution in [1.29, 1.82) is 0 Å². The molecule has 1 aliphatic heterocycles. The van der Waals surface area contributed by atoms with Crippen molar-refractivity contribution in [3.05, 3.63) is 48.3 Å². The summed E-state index contributed by atoms with van der Waals surface area (Å²) in [6.07, 6.45) is 5.32. The Hall–Kier alpha value is -4.25. The Bertz CT molecular complexity index is 1410. The van der Waals surface area contributed by atoms with E-state index in [9.17, 15) is 9.59 Å². The lowest BCUT2D eigenvalue weighted by Crippen LogP contribution is -2.39. The maximum atomic E-state index is 13.0. The average Bonchev–Trinajstić information content (AvgIpc) is 3.37. The van der Waals surface area contributed by atoms with Crippen molar-refractivity contribution in [3.63, 3.8) is 0 Å². The molecule has 1 amide bonds. The molecule has 36 heavy (non-hydrogen) atoms. The normalized spacial score (nSPS) is 14.9. The molecular weight excluding hydrogens is 462 g/mol. The van der Waals surface area contributed by atoms with Crippen molar-refractivity contribution in [2.75, 3.05) is 25.5 Å². The highest BCUT2D eigenvalue weighted by Gasteiger charge is 2.20. The van der Waals surface area contributed by atoms with Gasteiger partial charge in [-0.2, -0.15) is 5.10 Å². The van der Waals surface area contributed by atoms with E-state index in [-0.39, 0.29) is 6.10 Å². The molecule has 1 saturated heterocycles. The summed E-state index contributed by atoms with van der Waals surface area (Å²) in [5.41, 5.74) is 2.28. The molecule has 0 spiro atoms. The quantitative estimate of drug-likeness (QED) is 0.288. The number of amides is 1. The molecule has 2 aromatic carbocycles. The predicted octanol–water partition coefficient (Wildman–Crippen LogP) is 2.67. The van der Waals surface area contributed by atoms with Crippen LogP contribution >= 0.6 is 0 Å². The Morgan fingerprint density at radius 2 is 2.00 bits per heavy atom. The average molecular weight is 490 g/mol. The molecule has 0 bridgehead atoms. The number of piperidine rings is 1. The van der Waals surface area contributed by atoms with E-state index in [4.69, 9.17) is 14.5 Å². The van der Waals surface area contributed by atoms with Crippen LogP contribution in [0.4, 0.5) is 11.6 Å². The SMILES string of the molecule is COC(=O)C(C)NC(=O)c1cc(Nc2ncc3cccc(OC4CCNCC4)c3n2)cc2[nH]ncc12. The zero-order valence-electron chi connectivity index (χ0n) is 20.0. The van der Waals surface area contributed by atoms with Gasteiger partial charge in [-0.15, -0.1) is 0 Å². The molecule has 3 heterocycles. The van der Waals surface area contributed by atoms with Crippen LogP contribution in [-0.2, 0) is 9.53 Å². The smallest absolute Gasteiger partial charge is 0.328 e. The van der Waals surface area contributed by atoms with Gasteiger partial charge in [0, 0.05) is 22.7 Å². The number of carbonyl (C=O) groups excluding carboxylic acids is 2. The summed E-state index contributed by atoms with van der Waals surface area (Å²) in [5, 5.41) is 17.6. The summed E-state index contributed by atoms with van der Waals surface area (Å²) in [4.78, 5) is 33.9. The zero-order valence-corrected chi connectivity index (χ0v) is 20.0. The Kier molecular flexibility index (Phi) is 6.63. The van der Waals surface area contributed by atoms with E-state index in [0.29, 0.717) is 39.4 Å². The molecule has 0 aliphatic carbocycles. The van der Waals surface area contributed by atoms with Crippen molar-refractivity contribution in [2.45, 2.75) is 31.9 Å². The second kappa shape index (κ2) is 10.2. The van der Waals surface area contributed by atoms with Gasteiger partial charge in [0.05, 0.1) is 24.4 Å². The van der Waals surface area contributed by atoms with Crippen molar-refractivity contribution < 1.29 is 19.1 Å². The Morgan fingerprint density at radius 1 is 1.17 bits per heavy atom. The van der Waals surface area contributed by atoms with Crippen LogP contribution in [0.5, 0.6) is 5.75 Å². The number of nitrogens with zero attached hydrogens (tertiary/aromatic N) is 3. The van der Waals surface area contributed by atoms with E-state index in [1.54, 1.807) is 25.4 Å². The molecule has 11 nitrogen and oxygen atoms in total. The van der Waals surface area contributed by atoms with Gasteiger partial charge in [-0.3, -0.25) is 9.89 Å². The highest BCUT2D eigenvalue weighted by Crippen LogP contribution is 2.28. The summed E-state index contributed by atoms with van der Waals surface area (Å²) in [6, 6.07) is 8.47. The van der Waals surface area contributed by atoms with Gasteiger partial charge in [-0.1, -0.05) is 12.1 Å². The number of rotatable bonds is 7. The summed E-state index contributed by atoms with van der Waals surface area (Å²) < 4.78 is 11.0. The first-order chi connectivity index (χ1) is 17.5. The van der Waals surface area contributed by atoms with Crippen LogP contribution in [0.3, 0.4) is 0 Å². The summed E-state index contributed by atoms with van der Waals surface area (Å²) in [6.45, 7) is 3.42. The van der Waals surface area contributed by atoms with Gasteiger partial charge in [0.25, 0.3) is 5.91 Å². The predicted molar refractivity (Wildman–Crippen MR) is 134 cm³/mol. The zero-order chi connectivity index (χ0) is 25.1. The van der Waals surface area contributed by atoms with Gasteiger partial charge in [0.15, 0.2) is 0 Å². The van der Waals surface area contributed by atoms with E-state index in [0.717, 1.165) is 31.3 Å². The first-order valence-electron chi connectivity index (χ1n) is 11.8. The largest absolute Gasteiger partial charge is 0.488 e. The number of hydrogen-bond acceptors (Lipinski definition) is 9. The lowest BCUT2D eigenvalue weighted by Gasteiger charge is -2.24. The molecule has 1 aliphatic rings. The molecule has 11 heteroatoms. The molecule has 1 fully saturated rings. The van der Waals surface area contributed by atoms with E-state index < -0.39 is 17.9 Å². The topological polar surface area (TPSA) is 143 Å². The van der Waals surface area contributed by atoms with Crippen LogP contribution in [0.15, 0.2) is 42.7 Å². The molecule has 0 saturated carbocycles. The third kappa shape index (κ3) is 4.91. The number of anilines is 2. The van der Waals surface area contributed by atoms with E-state index in [1.807, 2.05) is 24.3 Å². The van der Waals surface area contributed by atoms with E-state index in [2.05, 4.69) is 31.1 Å². The first kappa shape index (κ1) is 23.5. The third-order valence-electron chi connectivity index (χ3n) is 6.12. The molecular formula is C25H27N7O4. The van der Waals surface area contributed by atoms with Crippen LogP contribution in [-0.4, -0.2) is 64.4 Å². The number of nitrogens with one attached hydrogen (secondary N) is 4. The molecule has 4 N–H and O–H groups in total. The fourth-order valence-corrected chi connectivity index (χ4v) is 4.23. The Labute approximate surface area is 207 Å². The number of benzene rings is 2. The maximum Gasteiger partial charge on any atom is 0.328 e. The molecule has 0 radical (unpaired) electrons. The fraction of sp³-hybridized carbons (Fsp3) is 0.320. The highest BCUT2D eigenvalue weighted by atomic mass is 16.5. The third-order valence-corrected chi connectivity index (χ3v) is 6.12. The van der Waals surface area contributed by atoms with Crippen LogP contribution in [0.25, 0.3) is 21.8 Å². The molecule has 1 unspecified atom stereocenters. The second-order valence-corrected chi connectivity index (χ2v) is 8.65. The molecule has 186 valence electrons. The van der Waals surface area contributed by atoms with Gasteiger partial charge >= 0.3 is 5.97 Å². The number of esters is 1. The minimum atomic E-state index is -0.803. The van der Waals surface area contributed by atoms with Crippen LogP contribution in [0.2, 0.25) is 0 Å². The standard InChI is InChI=1S/C25H27N7O4/c1-14(24(34)35-2)29-23(33)18-10-16(11-20-19(18)13-28-32-20)30-25-27-12-15-4-3-5-21(22(15)31-25)36-17-6-8-26-9-7-17/h3-5,10-14,17,26H,6-9H2,1-2H3,(H,28,32)(H,29,33)(H,27,30,31). The van der Waals surface area contributed by atoms with Gasteiger partial charge in [-0.05, 0) is 51.1 Å². The lowest BCUT2D eigenvalue weighted by molar-refractivity contribution is -0.142. The summed E-state index contributed by atoms with van der Waals surface area (Å²) in [7, 11) is 1.27.